The zero-order valence-electron chi connectivity index (χ0n) is 12.3. The Hall–Kier alpha value is -1.56. The molecule has 1 unspecified atom stereocenters. The molecule has 1 aliphatic heterocycles. The fraction of sp³-hybridized carbons (Fsp3) is 0.714. The van der Waals surface area contributed by atoms with Crippen molar-refractivity contribution in [1.29, 1.82) is 0 Å². The fourth-order valence-electron chi connectivity index (χ4n) is 2.57. The summed E-state index contributed by atoms with van der Waals surface area (Å²) < 4.78 is 10.8. The summed E-state index contributed by atoms with van der Waals surface area (Å²) in [4.78, 5) is 10.7. The maximum absolute atomic E-state index is 6.15. The van der Waals surface area contributed by atoms with Gasteiger partial charge in [-0.15, -0.1) is 0 Å². The molecule has 1 saturated heterocycles. The fourth-order valence-corrected chi connectivity index (χ4v) is 2.57. The molecule has 112 valence electrons. The van der Waals surface area contributed by atoms with Crippen molar-refractivity contribution < 1.29 is 9.47 Å². The molecular weight excluding hydrogens is 256 g/mol. The monoisotopic (exact) mass is 280 g/mol. The van der Waals surface area contributed by atoms with Crippen LogP contribution >= 0.6 is 0 Å². The Morgan fingerprint density at radius 2 is 2.30 bits per heavy atom. The highest BCUT2D eigenvalue weighted by Gasteiger charge is 2.23. The third-order valence-electron chi connectivity index (χ3n) is 3.49. The van der Waals surface area contributed by atoms with E-state index in [1.165, 1.54) is 12.7 Å². The van der Waals surface area contributed by atoms with Gasteiger partial charge in [-0.1, -0.05) is 6.92 Å². The molecule has 1 fully saturated rings. The first-order chi connectivity index (χ1) is 9.76. The van der Waals surface area contributed by atoms with E-state index in [0.29, 0.717) is 24.1 Å². The van der Waals surface area contributed by atoms with E-state index in [-0.39, 0.29) is 0 Å². The van der Waals surface area contributed by atoms with Crippen molar-refractivity contribution in [2.45, 2.75) is 26.2 Å². The minimum Gasteiger partial charge on any atom is -0.476 e. The van der Waals surface area contributed by atoms with Crippen LogP contribution in [0.25, 0.3) is 0 Å². The number of hydrogen-bond donors (Lipinski definition) is 1. The molecule has 2 N–H and O–H groups in total. The summed E-state index contributed by atoms with van der Waals surface area (Å²) >= 11 is 0. The number of piperidine rings is 1. The first-order valence-electron chi connectivity index (χ1n) is 7.23. The zero-order valence-corrected chi connectivity index (χ0v) is 12.3. The van der Waals surface area contributed by atoms with Crippen molar-refractivity contribution in [2.75, 3.05) is 44.0 Å². The molecule has 2 heterocycles. The van der Waals surface area contributed by atoms with Gasteiger partial charge in [0.05, 0.1) is 13.2 Å². The molecule has 0 aliphatic carbocycles. The largest absolute Gasteiger partial charge is 0.476 e. The van der Waals surface area contributed by atoms with Crippen molar-refractivity contribution in [3.05, 3.63) is 6.33 Å². The van der Waals surface area contributed by atoms with Gasteiger partial charge in [-0.3, -0.25) is 0 Å². The lowest BCUT2D eigenvalue weighted by Gasteiger charge is -2.33. The summed E-state index contributed by atoms with van der Waals surface area (Å²) in [6, 6.07) is 0. The van der Waals surface area contributed by atoms with Crippen LogP contribution in [0, 0.1) is 5.92 Å². The van der Waals surface area contributed by atoms with Crippen LogP contribution in [0.15, 0.2) is 6.33 Å². The van der Waals surface area contributed by atoms with E-state index in [9.17, 15) is 0 Å². The minimum absolute atomic E-state index is 0.491. The maximum atomic E-state index is 6.15. The number of rotatable bonds is 6. The number of hydrogen-bond acceptors (Lipinski definition) is 6. The topological polar surface area (TPSA) is 73.5 Å². The minimum atomic E-state index is 0.491. The molecule has 0 bridgehead atoms. The highest BCUT2D eigenvalue weighted by molar-refractivity contribution is 5.67. The lowest BCUT2D eigenvalue weighted by molar-refractivity contribution is 0.143. The molecule has 6 nitrogen and oxygen atoms in total. The molecule has 2 rings (SSSR count). The Morgan fingerprint density at radius 1 is 1.45 bits per heavy atom. The molecule has 1 aromatic rings. The Bertz CT molecular complexity index is 426. The SMILES string of the molecule is CCCOc1ncnc(N2CCCC(COC)C2)c1N. The van der Waals surface area contributed by atoms with Crippen molar-refractivity contribution in [2.24, 2.45) is 5.92 Å². The third kappa shape index (κ3) is 3.50. The normalized spacial score (nSPS) is 19.1. The van der Waals surface area contributed by atoms with Gasteiger partial charge < -0.3 is 20.1 Å². The molecule has 1 aromatic heterocycles. The quantitative estimate of drug-likeness (QED) is 0.855. The van der Waals surface area contributed by atoms with Gasteiger partial charge in [-0.05, 0) is 25.2 Å². The van der Waals surface area contributed by atoms with Crippen LogP contribution in [0.5, 0.6) is 5.88 Å². The van der Waals surface area contributed by atoms with E-state index in [0.717, 1.165) is 38.4 Å². The molecule has 6 heteroatoms. The molecule has 20 heavy (non-hydrogen) atoms. The number of nitrogens with two attached hydrogens (primary N) is 1. The standard InChI is InChI=1S/C14H24N4O2/c1-3-7-20-14-12(15)13(16-10-17-14)18-6-4-5-11(8-18)9-19-2/h10-11H,3-9,15H2,1-2H3. The molecule has 0 spiro atoms. The van der Waals surface area contributed by atoms with E-state index in [1.807, 2.05) is 0 Å². The Morgan fingerprint density at radius 3 is 3.05 bits per heavy atom. The predicted molar refractivity (Wildman–Crippen MR) is 79.0 cm³/mol. The number of ether oxygens (including phenoxy) is 2. The molecule has 0 amide bonds. The van der Waals surface area contributed by atoms with Crippen LogP contribution in [0.2, 0.25) is 0 Å². The first-order valence-corrected chi connectivity index (χ1v) is 7.23. The highest BCUT2D eigenvalue weighted by Crippen LogP contribution is 2.31. The van der Waals surface area contributed by atoms with Crippen LogP contribution in [0.4, 0.5) is 11.5 Å². The average molecular weight is 280 g/mol. The summed E-state index contributed by atoms with van der Waals surface area (Å²) in [5, 5.41) is 0. The number of aromatic nitrogens is 2. The van der Waals surface area contributed by atoms with E-state index >= 15 is 0 Å². The van der Waals surface area contributed by atoms with E-state index in [1.54, 1.807) is 7.11 Å². The van der Waals surface area contributed by atoms with Gasteiger partial charge >= 0.3 is 0 Å². The molecular formula is C14H24N4O2. The number of nitrogen functional groups attached to an aromatic ring is 1. The summed E-state index contributed by atoms with van der Waals surface area (Å²) in [5.74, 6) is 1.81. The molecule has 0 radical (unpaired) electrons. The maximum Gasteiger partial charge on any atom is 0.242 e. The summed E-state index contributed by atoms with van der Waals surface area (Å²) in [6.45, 7) is 5.34. The van der Waals surface area contributed by atoms with Crippen molar-refractivity contribution in [3.63, 3.8) is 0 Å². The Kier molecular flexibility index (Phi) is 5.40. The van der Waals surface area contributed by atoms with Crippen molar-refractivity contribution in [3.8, 4) is 5.88 Å². The Labute approximate surface area is 120 Å². The van der Waals surface area contributed by atoms with E-state index in [2.05, 4.69) is 21.8 Å². The lowest BCUT2D eigenvalue weighted by atomic mass is 9.99. The summed E-state index contributed by atoms with van der Waals surface area (Å²) in [7, 11) is 1.74. The molecule has 1 aliphatic rings. The molecule has 0 saturated carbocycles. The smallest absolute Gasteiger partial charge is 0.242 e. The van der Waals surface area contributed by atoms with Gasteiger partial charge in [-0.25, -0.2) is 4.98 Å². The van der Waals surface area contributed by atoms with E-state index in [4.69, 9.17) is 15.2 Å². The van der Waals surface area contributed by atoms with Crippen molar-refractivity contribution in [1.82, 2.24) is 9.97 Å². The van der Waals surface area contributed by atoms with Crippen LogP contribution in [0.1, 0.15) is 26.2 Å². The molecule has 0 aromatic carbocycles. The predicted octanol–water partition coefficient (Wildman–Crippen LogP) is 1.71. The number of nitrogens with zero attached hydrogens (tertiary/aromatic N) is 3. The highest BCUT2D eigenvalue weighted by atomic mass is 16.5. The van der Waals surface area contributed by atoms with Crippen LogP contribution in [-0.4, -0.2) is 43.4 Å². The van der Waals surface area contributed by atoms with Gasteiger partial charge in [-0.2, -0.15) is 4.98 Å². The van der Waals surface area contributed by atoms with Gasteiger partial charge in [0.15, 0.2) is 5.82 Å². The number of methoxy groups -OCH3 is 1. The number of anilines is 2. The van der Waals surface area contributed by atoms with Gasteiger partial charge in [0.1, 0.15) is 12.0 Å². The van der Waals surface area contributed by atoms with E-state index < -0.39 is 0 Å². The second-order valence-corrected chi connectivity index (χ2v) is 5.17. The van der Waals surface area contributed by atoms with Crippen LogP contribution in [0.3, 0.4) is 0 Å². The first kappa shape index (κ1) is 14.8. The second-order valence-electron chi connectivity index (χ2n) is 5.17. The summed E-state index contributed by atoms with van der Waals surface area (Å²) in [5.41, 5.74) is 6.69. The van der Waals surface area contributed by atoms with Gasteiger partial charge in [0, 0.05) is 20.2 Å². The van der Waals surface area contributed by atoms with Crippen LogP contribution < -0.4 is 15.4 Å². The second kappa shape index (κ2) is 7.28. The van der Waals surface area contributed by atoms with Crippen molar-refractivity contribution >= 4 is 11.5 Å². The van der Waals surface area contributed by atoms with Gasteiger partial charge in [0.2, 0.25) is 5.88 Å². The average Bonchev–Trinajstić information content (AvgIpc) is 2.47. The Balaban J connectivity index is 2.11. The molecule has 1 atom stereocenters. The van der Waals surface area contributed by atoms with Gasteiger partial charge in [0.25, 0.3) is 0 Å². The third-order valence-corrected chi connectivity index (χ3v) is 3.49. The van der Waals surface area contributed by atoms with Crippen LogP contribution in [-0.2, 0) is 4.74 Å². The summed E-state index contributed by atoms with van der Waals surface area (Å²) in [6.07, 6.45) is 4.77. The lowest BCUT2D eigenvalue weighted by Crippen LogP contribution is -2.38. The zero-order chi connectivity index (χ0) is 14.4.